The normalized spacial score (nSPS) is 12.1. The van der Waals surface area contributed by atoms with E-state index in [2.05, 4.69) is 34.6 Å². The molecular weight excluding hydrogens is 398 g/mol. The average Bonchev–Trinajstić information content (AvgIpc) is 2.64. The van der Waals surface area contributed by atoms with E-state index < -0.39 is 10.1 Å². The SMILES string of the molecule is CC(C)CCN(Cc1ccc(OS(C)(=O)=O)cc1)C(=O)c1ccc(C(C)(C)C)cc1. The van der Waals surface area contributed by atoms with Gasteiger partial charge in [0.05, 0.1) is 6.26 Å². The van der Waals surface area contributed by atoms with Crippen LogP contribution in [0.15, 0.2) is 48.5 Å². The van der Waals surface area contributed by atoms with Crippen molar-refractivity contribution in [3.63, 3.8) is 0 Å². The van der Waals surface area contributed by atoms with Crippen LogP contribution in [-0.4, -0.2) is 32.0 Å². The molecule has 0 atom stereocenters. The highest BCUT2D eigenvalue weighted by atomic mass is 32.2. The monoisotopic (exact) mass is 431 g/mol. The quantitative estimate of drug-likeness (QED) is 0.551. The highest BCUT2D eigenvalue weighted by molar-refractivity contribution is 7.86. The van der Waals surface area contributed by atoms with Gasteiger partial charge in [-0.05, 0) is 53.1 Å². The van der Waals surface area contributed by atoms with Gasteiger partial charge in [0.25, 0.3) is 5.91 Å². The molecule has 0 spiro atoms. The van der Waals surface area contributed by atoms with Crippen molar-refractivity contribution in [3.05, 3.63) is 65.2 Å². The van der Waals surface area contributed by atoms with Crippen molar-refractivity contribution in [1.82, 2.24) is 4.90 Å². The first-order valence-electron chi connectivity index (χ1n) is 10.2. The molecule has 6 heteroatoms. The molecule has 0 unspecified atom stereocenters. The van der Waals surface area contributed by atoms with Crippen LogP contribution in [0.2, 0.25) is 0 Å². The largest absolute Gasteiger partial charge is 0.383 e. The van der Waals surface area contributed by atoms with Gasteiger partial charge < -0.3 is 9.08 Å². The summed E-state index contributed by atoms with van der Waals surface area (Å²) in [5.41, 5.74) is 2.81. The van der Waals surface area contributed by atoms with E-state index in [9.17, 15) is 13.2 Å². The molecule has 0 bridgehead atoms. The molecule has 0 aliphatic heterocycles. The molecule has 2 aromatic carbocycles. The third kappa shape index (κ3) is 7.48. The highest BCUT2D eigenvalue weighted by Gasteiger charge is 2.19. The van der Waals surface area contributed by atoms with E-state index in [4.69, 9.17) is 4.18 Å². The first-order valence-corrected chi connectivity index (χ1v) is 12.0. The predicted octanol–water partition coefficient (Wildman–Crippen LogP) is 5.01. The standard InChI is InChI=1S/C24H33NO4S/c1-18(2)15-16-25(17-19-7-13-22(14-8-19)29-30(6,27)28)23(26)20-9-11-21(12-10-20)24(3,4)5/h7-14,18H,15-17H2,1-6H3. The Labute approximate surface area is 181 Å². The second-order valence-electron chi connectivity index (χ2n) is 9.17. The lowest BCUT2D eigenvalue weighted by Crippen LogP contribution is -2.32. The summed E-state index contributed by atoms with van der Waals surface area (Å²) in [7, 11) is -3.56. The molecule has 0 saturated carbocycles. The summed E-state index contributed by atoms with van der Waals surface area (Å²) in [5.74, 6) is 0.737. The van der Waals surface area contributed by atoms with Gasteiger partial charge in [0.1, 0.15) is 5.75 Å². The van der Waals surface area contributed by atoms with E-state index in [0.717, 1.165) is 18.2 Å². The third-order valence-electron chi connectivity index (χ3n) is 4.81. The number of hydrogen-bond donors (Lipinski definition) is 0. The van der Waals surface area contributed by atoms with Gasteiger partial charge in [0.15, 0.2) is 0 Å². The van der Waals surface area contributed by atoms with Gasteiger partial charge in [-0.15, -0.1) is 0 Å². The minimum absolute atomic E-state index is 0.00688. The van der Waals surface area contributed by atoms with Crippen molar-refractivity contribution in [2.75, 3.05) is 12.8 Å². The lowest BCUT2D eigenvalue weighted by atomic mass is 9.86. The summed E-state index contributed by atoms with van der Waals surface area (Å²) in [4.78, 5) is 15.0. The second kappa shape index (κ2) is 9.65. The molecule has 0 aliphatic rings. The molecule has 30 heavy (non-hydrogen) atoms. The molecule has 2 rings (SSSR count). The van der Waals surface area contributed by atoms with E-state index in [1.54, 1.807) is 24.3 Å². The maximum absolute atomic E-state index is 13.2. The fourth-order valence-corrected chi connectivity index (χ4v) is 3.47. The molecule has 0 aliphatic carbocycles. The van der Waals surface area contributed by atoms with Crippen molar-refractivity contribution in [3.8, 4) is 5.75 Å². The lowest BCUT2D eigenvalue weighted by molar-refractivity contribution is 0.0735. The highest BCUT2D eigenvalue weighted by Crippen LogP contribution is 2.23. The topological polar surface area (TPSA) is 63.7 Å². The third-order valence-corrected chi connectivity index (χ3v) is 5.30. The second-order valence-corrected chi connectivity index (χ2v) is 10.7. The van der Waals surface area contributed by atoms with Crippen LogP contribution in [0, 0.1) is 5.92 Å². The number of nitrogens with zero attached hydrogens (tertiary/aromatic N) is 1. The average molecular weight is 432 g/mol. The van der Waals surface area contributed by atoms with Gasteiger partial charge in [0.2, 0.25) is 0 Å². The Morgan fingerprint density at radius 3 is 2.03 bits per heavy atom. The summed E-state index contributed by atoms with van der Waals surface area (Å²) < 4.78 is 27.4. The maximum atomic E-state index is 13.2. The fourth-order valence-electron chi connectivity index (χ4n) is 3.01. The van der Waals surface area contributed by atoms with E-state index in [0.29, 0.717) is 24.6 Å². The molecule has 5 nitrogen and oxygen atoms in total. The molecule has 0 saturated heterocycles. The minimum atomic E-state index is -3.56. The van der Waals surface area contributed by atoms with Gasteiger partial charge in [-0.25, -0.2) is 0 Å². The summed E-state index contributed by atoms with van der Waals surface area (Å²) in [6.07, 6.45) is 1.92. The van der Waals surface area contributed by atoms with Gasteiger partial charge in [0, 0.05) is 18.7 Å². The summed E-state index contributed by atoms with van der Waals surface area (Å²) in [5, 5.41) is 0. The fraction of sp³-hybridized carbons (Fsp3) is 0.458. The van der Waals surface area contributed by atoms with Gasteiger partial charge in [-0.3, -0.25) is 4.79 Å². The first-order chi connectivity index (χ1) is 13.8. The van der Waals surface area contributed by atoms with E-state index in [1.165, 1.54) is 5.56 Å². The Bertz CT molecular complexity index is 940. The number of carbonyl (C=O) groups is 1. The van der Waals surface area contributed by atoms with Crippen molar-refractivity contribution < 1.29 is 17.4 Å². The smallest absolute Gasteiger partial charge is 0.306 e. The predicted molar refractivity (Wildman–Crippen MR) is 121 cm³/mol. The van der Waals surface area contributed by atoms with Crippen molar-refractivity contribution >= 4 is 16.0 Å². The number of amides is 1. The first kappa shape index (κ1) is 23.9. The summed E-state index contributed by atoms with van der Waals surface area (Å²) in [6.45, 7) is 11.8. The molecule has 0 aromatic heterocycles. The maximum Gasteiger partial charge on any atom is 0.306 e. The molecule has 2 aromatic rings. The Morgan fingerprint density at radius 1 is 1.00 bits per heavy atom. The van der Waals surface area contributed by atoms with Crippen LogP contribution < -0.4 is 4.18 Å². The lowest BCUT2D eigenvalue weighted by Gasteiger charge is -2.25. The van der Waals surface area contributed by atoms with Crippen LogP contribution in [0.5, 0.6) is 5.75 Å². The van der Waals surface area contributed by atoms with Crippen molar-refractivity contribution in [2.45, 2.75) is 53.0 Å². The van der Waals surface area contributed by atoms with E-state index >= 15 is 0 Å². The zero-order valence-corrected chi connectivity index (χ0v) is 19.6. The van der Waals surface area contributed by atoms with Crippen molar-refractivity contribution in [2.24, 2.45) is 5.92 Å². The van der Waals surface area contributed by atoms with Crippen LogP contribution in [0.1, 0.15) is 62.5 Å². The molecule has 164 valence electrons. The zero-order valence-electron chi connectivity index (χ0n) is 18.8. The Kier molecular flexibility index (Phi) is 7.70. The van der Waals surface area contributed by atoms with Crippen LogP contribution in [0.3, 0.4) is 0 Å². The van der Waals surface area contributed by atoms with E-state index in [-0.39, 0.29) is 17.1 Å². The van der Waals surface area contributed by atoms with Gasteiger partial charge >= 0.3 is 10.1 Å². The molecule has 0 fully saturated rings. The molecule has 0 radical (unpaired) electrons. The number of rotatable bonds is 8. The van der Waals surface area contributed by atoms with Gasteiger partial charge in [-0.1, -0.05) is 58.9 Å². The number of benzene rings is 2. The Balaban J connectivity index is 2.19. The molecule has 0 N–H and O–H groups in total. The number of hydrogen-bond acceptors (Lipinski definition) is 4. The zero-order chi connectivity index (χ0) is 22.5. The summed E-state index contributed by atoms with van der Waals surface area (Å²) in [6, 6.07) is 14.6. The molecular formula is C24H33NO4S. The van der Waals surface area contributed by atoms with Gasteiger partial charge in [-0.2, -0.15) is 8.42 Å². The summed E-state index contributed by atoms with van der Waals surface area (Å²) >= 11 is 0. The van der Waals surface area contributed by atoms with Crippen LogP contribution >= 0.6 is 0 Å². The Hall–Kier alpha value is -2.34. The van der Waals surface area contributed by atoms with Crippen LogP contribution in [-0.2, 0) is 22.1 Å². The molecule has 0 heterocycles. The minimum Gasteiger partial charge on any atom is -0.383 e. The number of carbonyl (C=O) groups excluding carboxylic acids is 1. The van der Waals surface area contributed by atoms with E-state index in [1.807, 2.05) is 29.2 Å². The Morgan fingerprint density at radius 2 is 1.57 bits per heavy atom. The van der Waals surface area contributed by atoms with Crippen LogP contribution in [0.4, 0.5) is 0 Å². The van der Waals surface area contributed by atoms with Crippen LogP contribution in [0.25, 0.3) is 0 Å². The molecule has 1 amide bonds. The van der Waals surface area contributed by atoms with Crippen molar-refractivity contribution in [1.29, 1.82) is 0 Å².